The second-order valence-electron chi connectivity index (χ2n) is 6.39. The predicted molar refractivity (Wildman–Crippen MR) is 114 cm³/mol. The molecule has 1 unspecified atom stereocenters. The highest BCUT2D eigenvalue weighted by atomic mass is 127. The maximum absolute atomic E-state index is 5.58. The third kappa shape index (κ3) is 6.53. The van der Waals surface area contributed by atoms with E-state index in [1.165, 1.54) is 6.42 Å². The first kappa shape index (κ1) is 22.3. The van der Waals surface area contributed by atoms with Crippen molar-refractivity contribution in [2.45, 2.75) is 37.9 Å². The zero-order valence-electron chi connectivity index (χ0n) is 15.4. The fraction of sp³-hybridized carbons (Fsp3) is 0.941. The molecule has 1 N–H and O–H groups in total. The van der Waals surface area contributed by atoms with E-state index in [0.29, 0.717) is 10.7 Å². The number of likely N-dealkylation sites (tertiary alicyclic amines) is 1. The maximum atomic E-state index is 5.58. The monoisotopic (exact) mass is 471 g/mol. The molecule has 0 aliphatic carbocycles. The molecule has 2 aliphatic heterocycles. The van der Waals surface area contributed by atoms with Gasteiger partial charge in [-0.15, -0.1) is 24.0 Å². The number of hydrogen-bond acceptors (Lipinski definition) is 4. The first-order chi connectivity index (χ1) is 11.2. The SMILES string of the molecule is CCOCC1CCN(C(=NC)NCC2(SCC)CCOCC2)C1.I. The Labute approximate surface area is 168 Å². The van der Waals surface area contributed by atoms with Crippen molar-refractivity contribution in [1.29, 1.82) is 0 Å². The van der Waals surface area contributed by atoms with Crippen LogP contribution in [0.3, 0.4) is 0 Å². The molecule has 0 radical (unpaired) electrons. The van der Waals surface area contributed by atoms with Crippen molar-refractivity contribution >= 4 is 41.7 Å². The van der Waals surface area contributed by atoms with E-state index in [0.717, 1.165) is 70.6 Å². The van der Waals surface area contributed by atoms with E-state index < -0.39 is 0 Å². The second-order valence-corrected chi connectivity index (χ2v) is 8.12. The molecule has 2 heterocycles. The summed E-state index contributed by atoms with van der Waals surface area (Å²) in [6, 6.07) is 0. The van der Waals surface area contributed by atoms with E-state index in [4.69, 9.17) is 9.47 Å². The molecule has 0 bridgehead atoms. The Morgan fingerprint density at radius 2 is 2.12 bits per heavy atom. The summed E-state index contributed by atoms with van der Waals surface area (Å²) < 4.78 is 11.4. The summed E-state index contributed by atoms with van der Waals surface area (Å²) in [6.07, 6.45) is 3.45. The fourth-order valence-corrected chi connectivity index (χ4v) is 4.68. The Morgan fingerprint density at radius 3 is 2.75 bits per heavy atom. The molecule has 2 rings (SSSR count). The van der Waals surface area contributed by atoms with E-state index in [2.05, 4.69) is 40.8 Å². The highest BCUT2D eigenvalue weighted by Crippen LogP contribution is 2.34. The average Bonchev–Trinajstić information content (AvgIpc) is 3.03. The largest absolute Gasteiger partial charge is 0.381 e. The summed E-state index contributed by atoms with van der Waals surface area (Å²) >= 11 is 2.07. The topological polar surface area (TPSA) is 46.1 Å². The zero-order chi connectivity index (χ0) is 16.5. The predicted octanol–water partition coefficient (Wildman–Crippen LogP) is 2.84. The van der Waals surface area contributed by atoms with Gasteiger partial charge in [0.2, 0.25) is 0 Å². The number of hydrogen-bond donors (Lipinski definition) is 1. The van der Waals surface area contributed by atoms with Gasteiger partial charge in [0, 0.05) is 57.2 Å². The molecule has 0 aromatic carbocycles. The van der Waals surface area contributed by atoms with Crippen LogP contribution in [0.15, 0.2) is 4.99 Å². The van der Waals surface area contributed by atoms with Crippen LogP contribution in [0.25, 0.3) is 0 Å². The van der Waals surface area contributed by atoms with Crippen LogP contribution in [0.1, 0.15) is 33.1 Å². The first-order valence-corrected chi connectivity index (χ1v) is 9.96. The molecule has 2 fully saturated rings. The van der Waals surface area contributed by atoms with Crippen LogP contribution in [0, 0.1) is 5.92 Å². The van der Waals surface area contributed by atoms with Crippen molar-refractivity contribution in [1.82, 2.24) is 10.2 Å². The van der Waals surface area contributed by atoms with E-state index in [1.54, 1.807) is 0 Å². The number of halogens is 1. The summed E-state index contributed by atoms with van der Waals surface area (Å²) in [7, 11) is 1.89. The van der Waals surface area contributed by atoms with Crippen molar-refractivity contribution in [3.8, 4) is 0 Å². The number of nitrogens with one attached hydrogen (secondary N) is 1. The Morgan fingerprint density at radius 1 is 1.38 bits per heavy atom. The highest BCUT2D eigenvalue weighted by Gasteiger charge is 2.33. The molecule has 0 amide bonds. The van der Waals surface area contributed by atoms with Gasteiger partial charge >= 0.3 is 0 Å². The molecule has 2 aliphatic rings. The summed E-state index contributed by atoms with van der Waals surface area (Å²) in [4.78, 5) is 6.89. The quantitative estimate of drug-likeness (QED) is 0.352. The van der Waals surface area contributed by atoms with Gasteiger partial charge in [-0.3, -0.25) is 4.99 Å². The lowest BCUT2D eigenvalue weighted by Crippen LogP contribution is -2.49. The molecule has 1 atom stereocenters. The lowest BCUT2D eigenvalue weighted by molar-refractivity contribution is 0.0780. The van der Waals surface area contributed by atoms with Gasteiger partial charge in [0.1, 0.15) is 0 Å². The van der Waals surface area contributed by atoms with Crippen LogP contribution in [0.2, 0.25) is 0 Å². The Bertz CT molecular complexity index is 373. The normalized spacial score (nSPS) is 23.9. The minimum atomic E-state index is 0. The van der Waals surface area contributed by atoms with Crippen LogP contribution in [0.5, 0.6) is 0 Å². The van der Waals surface area contributed by atoms with Crippen LogP contribution >= 0.6 is 35.7 Å². The molecule has 0 saturated carbocycles. The second kappa shape index (κ2) is 11.8. The zero-order valence-corrected chi connectivity index (χ0v) is 18.5. The Balaban J connectivity index is 0.00000288. The van der Waals surface area contributed by atoms with Gasteiger partial charge < -0.3 is 19.7 Å². The number of rotatable bonds is 7. The smallest absolute Gasteiger partial charge is 0.193 e. The number of aliphatic imine (C=N–C) groups is 1. The van der Waals surface area contributed by atoms with Gasteiger partial charge in [0.25, 0.3) is 0 Å². The lowest BCUT2D eigenvalue weighted by Gasteiger charge is -2.37. The lowest BCUT2D eigenvalue weighted by atomic mass is 9.99. The minimum absolute atomic E-state index is 0. The van der Waals surface area contributed by atoms with Gasteiger partial charge in [-0.25, -0.2) is 0 Å². The molecule has 7 heteroatoms. The third-order valence-electron chi connectivity index (χ3n) is 4.78. The van der Waals surface area contributed by atoms with Gasteiger partial charge in [-0.05, 0) is 31.9 Å². The first-order valence-electron chi connectivity index (χ1n) is 8.98. The van der Waals surface area contributed by atoms with E-state index in [1.807, 2.05) is 7.05 Å². The van der Waals surface area contributed by atoms with Gasteiger partial charge in [-0.2, -0.15) is 11.8 Å². The van der Waals surface area contributed by atoms with Crippen LogP contribution in [-0.2, 0) is 9.47 Å². The van der Waals surface area contributed by atoms with Gasteiger partial charge in [0.05, 0.1) is 6.61 Å². The van der Waals surface area contributed by atoms with Crippen molar-refractivity contribution < 1.29 is 9.47 Å². The van der Waals surface area contributed by atoms with Crippen LogP contribution < -0.4 is 5.32 Å². The van der Waals surface area contributed by atoms with Gasteiger partial charge in [-0.1, -0.05) is 6.92 Å². The summed E-state index contributed by atoms with van der Waals surface area (Å²) in [5.41, 5.74) is 0. The fourth-order valence-electron chi connectivity index (χ4n) is 3.44. The minimum Gasteiger partial charge on any atom is -0.381 e. The van der Waals surface area contributed by atoms with E-state index in [-0.39, 0.29) is 24.0 Å². The molecular formula is C17H34IN3O2S. The standard InChI is InChI=1S/C17H33N3O2S.HI/c1-4-21-13-15-6-9-20(12-15)16(18-3)19-14-17(23-5-2)7-10-22-11-8-17;/h15H,4-14H2,1-3H3,(H,18,19);1H. The van der Waals surface area contributed by atoms with E-state index >= 15 is 0 Å². The highest BCUT2D eigenvalue weighted by molar-refractivity contribution is 14.0. The average molecular weight is 471 g/mol. The van der Waals surface area contributed by atoms with Crippen molar-refractivity contribution in [3.63, 3.8) is 0 Å². The summed E-state index contributed by atoms with van der Waals surface area (Å²) in [5, 5.41) is 3.64. The van der Waals surface area contributed by atoms with Crippen LogP contribution in [-0.4, -0.2) is 74.5 Å². The summed E-state index contributed by atoms with van der Waals surface area (Å²) in [6.45, 7) is 10.9. The molecule has 2 saturated heterocycles. The molecule has 0 spiro atoms. The van der Waals surface area contributed by atoms with Crippen molar-refractivity contribution in [2.75, 3.05) is 58.9 Å². The number of thioether (sulfide) groups is 1. The maximum Gasteiger partial charge on any atom is 0.193 e. The Kier molecular flexibility index (Phi) is 11.0. The number of ether oxygens (including phenoxy) is 2. The molecule has 24 heavy (non-hydrogen) atoms. The molecular weight excluding hydrogens is 437 g/mol. The molecule has 5 nitrogen and oxygen atoms in total. The molecule has 0 aromatic heterocycles. The summed E-state index contributed by atoms with van der Waals surface area (Å²) in [5.74, 6) is 2.84. The third-order valence-corrected chi connectivity index (χ3v) is 6.23. The van der Waals surface area contributed by atoms with Crippen molar-refractivity contribution in [2.24, 2.45) is 10.9 Å². The van der Waals surface area contributed by atoms with E-state index in [9.17, 15) is 0 Å². The molecule has 142 valence electrons. The van der Waals surface area contributed by atoms with Crippen LogP contribution in [0.4, 0.5) is 0 Å². The number of nitrogens with zero attached hydrogens (tertiary/aromatic N) is 2. The Hall–Kier alpha value is 0.270. The van der Waals surface area contributed by atoms with Gasteiger partial charge in [0.15, 0.2) is 5.96 Å². The molecule has 0 aromatic rings. The van der Waals surface area contributed by atoms with Crippen molar-refractivity contribution in [3.05, 3.63) is 0 Å². The number of guanidine groups is 1.